The summed E-state index contributed by atoms with van der Waals surface area (Å²) in [5.74, 6) is 0. The smallest absolute Gasteiger partial charge is 0.398 e. The molecule has 0 saturated heterocycles. The number of nitrogens with zero attached hydrogens (tertiary/aromatic N) is 1. The average molecular weight is 292 g/mol. The molecule has 0 atom stereocenters. The van der Waals surface area contributed by atoms with Crippen molar-refractivity contribution in [3.8, 4) is 0 Å². The number of aliphatic imine (C=N–C) groups is 1. The minimum Gasteiger partial charge on any atom is -0.398 e. The van der Waals surface area contributed by atoms with E-state index in [1.807, 2.05) is 6.92 Å². The van der Waals surface area contributed by atoms with Crippen molar-refractivity contribution in [2.45, 2.75) is 19.5 Å². The Balaban J connectivity index is 2.60. The Morgan fingerprint density at radius 1 is 1.10 bits per heavy atom. The molecule has 2 rings (SSSR count). The number of anilines is 1. The van der Waals surface area contributed by atoms with Crippen molar-refractivity contribution in [3.05, 3.63) is 59.7 Å². The monoisotopic (exact) mass is 292 g/mol. The van der Waals surface area contributed by atoms with E-state index in [9.17, 15) is 13.2 Å². The van der Waals surface area contributed by atoms with Gasteiger partial charge in [0.1, 0.15) is 0 Å². The molecule has 0 fully saturated rings. The summed E-state index contributed by atoms with van der Waals surface area (Å²) >= 11 is 0. The van der Waals surface area contributed by atoms with Crippen LogP contribution >= 0.6 is 0 Å². The molecule has 0 saturated carbocycles. The average Bonchev–Trinajstić information content (AvgIpc) is 2.46. The summed E-state index contributed by atoms with van der Waals surface area (Å²) in [6.07, 6.45) is -3.94. The van der Waals surface area contributed by atoms with Gasteiger partial charge in [-0.2, -0.15) is 13.2 Å². The highest BCUT2D eigenvalue weighted by Crippen LogP contribution is 2.29. The highest BCUT2D eigenvalue weighted by Gasteiger charge is 2.38. The molecule has 2 nitrogen and oxygen atoms in total. The molecule has 0 unspecified atom stereocenters. The van der Waals surface area contributed by atoms with Gasteiger partial charge in [0.2, 0.25) is 0 Å². The van der Waals surface area contributed by atoms with Gasteiger partial charge in [-0.3, -0.25) is 0 Å². The summed E-state index contributed by atoms with van der Waals surface area (Å²) in [6.45, 7) is 1.87. The molecule has 0 spiro atoms. The molecule has 0 bridgehead atoms. The third-order valence-corrected chi connectivity index (χ3v) is 3.05. The van der Waals surface area contributed by atoms with Gasteiger partial charge in [-0.05, 0) is 36.2 Å². The van der Waals surface area contributed by atoms with E-state index in [1.54, 1.807) is 24.3 Å². The first kappa shape index (κ1) is 15.1. The molecule has 2 aromatic carbocycles. The number of aryl methyl sites for hydroxylation is 1. The van der Waals surface area contributed by atoms with Crippen LogP contribution in [0.2, 0.25) is 0 Å². The van der Waals surface area contributed by atoms with Gasteiger partial charge in [0.25, 0.3) is 0 Å². The second-order valence-corrected chi connectivity index (χ2v) is 4.57. The normalized spacial score (nSPS) is 12.5. The van der Waals surface area contributed by atoms with Crippen molar-refractivity contribution in [1.29, 1.82) is 0 Å². The van der Waals surface area contributed by atoms with Crippen molar-refractivity contribution in [2.24, 2.45) is 4.99 Å². The molecular formula is C16H15F3N2. The molecular weight excluding hydrogens is 277 g/mol. The van der Waals surface area contributed by atoms with E-state index in [0.717, 1.165) is 5.56 Å². The van der Waals surface area contributed by atoms with Crippen LogP contribution in [0.4, 0.5) is 24.5 Å². The van der Waals surface area contributed by atoms with E-state index in [0.29, 0.717) is 6.42 Å². The van der Waals surface area contributed by atoms with E-state index < -0.39 is 11.9 Å². The Kier molecular flexibility index (Phi) is 4.31. The third kappa shape index (κ3) is 3.62. The molecule has 0 radical (unpaired) electrons. The summed E-state index contributed by atoms with van der Waals surface area (Å²) < 4.78 is 40.0. The number of halogens is 3. The SMILES string of the molecule is CCc1ccc(N)c(C(=Nc2ccccc2)C(F)(F)F)c1. The van der Waals surface area contributed by atoms with Crippen molar-refractivity contribution in [2.75, 3.05) is 5.73 Å². The van der Waals surface area contributed by atoms with Crippen LogP contribution < -0.4 is 5.73 Å². The van der Waals surface area contributed by atoms with Gasteiger partial charge in [-0.1, -0.05) is 31.2 Å². The Bertz CT molecular complexity index is 646. The van der Waals surface area contributed by atoms with Crippen LogP contribution in [0.15, 0.2) is 53.5 Å². The van der Waals surface area contributed by atoms with Gasteiger partial charge >= 0.3 is 6.18 Å². The number of alkyl halides is 3. The van der Waals surface area contributed by atoms with Crippen molar-refractivity contribution < 1.29 is 13.2 Å². The van der Waals surface area contributed by atoms with Crippen LogP contribution in [0, 0.1) is 0 Å². The van der Waals surface area contributed by atoms with E-state index in [4.69, 9.17) is 5.73 Å². The fourth-order valence-corrected chi connectivity index (χ4v) is 1.94. The first-order valence-corrected chi connectivity index (χ1v) is 6.51. The fourth-order valence-electron chi connectivity index (χ4n) is 1.94. The molecule has 0 amide bonds. The Labute approximate surface area is 121 Å². The molecule has 0 aliphatic heterocycles. The van der Waals surface area contributed by atoms with Gasteiger partial charge in [0.15, 0.2) is 5.71 Å². The first-order chi connectivity index (χ1) is 9.91. The summed E-state index contributed by atoms with van der Waals surface area (Å²) in [7, 11) is 0. The molecule has 21 heavy (non-hydrogen) atoms. The Hall–Kier alpha value is -2.30. The zero-order chi connectivity index (χ0) is 15.5. The van der Waals surface area contributed by atoms with Crippen LogP contribution in [-0.2, 0) is 6.42 Å². The van der Waals surface area contributed by atoms with Gasteiger partial charge in [-0.15, -0.1) is 0 Å². The lowest BCUT2D eigenvalue weighted by Crippen LogP contribution is -2.25. The van der Waals surface area contributed by atoms with E-state index in [1.165, 1.54) is 24.3 Å². The molecule has 110 valence electrons. The highest BCUT2D eigenvalue weighted by atomic mass is 19.4. The number of hydrogen-bond donors (Lipinski definition) is 1. The first-order valence-electron chi connectivity index (χ1n) is 6.51. The molecule has 0 aliphatic carbocycles. The lowest BCUT2D eigenvalue weighted by atomic mass is 10.0. The minimum absolute atomic E-state index is 0.0687. The number of hydrogen-bond acceptors (Lipinski definition) is 2. The molecule has 2 N–H and O–H groups in total. The predicted octanol–water partition coefficient (Wildman–Crippen LogP) is 4.51. The lowest BCUT2D eigenvalue weighted by molar-refractivity contribution is -0.0579. The summed E-state index contributed by atoms with van der Waals surface area (Å²) in [6, 6.07) is 12.7. The maximum absolute atomic E-state index is 13.3. The second kappa shape index (κ2) is 5.99. The van der Waals surface area contributed by atoms with Gasteiger partial charge in [0.05, 0.1) is 5.69 Å². The van der Waals surface area contributed by atoms with Crippen LogP contribution in [0.1, 0.15) is 18.1 Å². The van der Waals surface area contributed by atoms with Crippen molar-refractivity contribution in [3.63, 3.8) is 0 Å². The van der Waals surface area contributed by atoms with E-state index in [2.05, 4.69) is 4.99 Å². The highest BCUT2D eigenvalue weighted by molar-refractivity contribution is 6.09. The maximum atomic E-state index is 13.3. The van der Waals surface area contributed by atoms with Crippen LogP contribution in [0.5, 0.6) is 0 Å². The van der Waals surface area contributed by atoms with Gasteiger partial charge < -0.3 is 5.73 Å². The maximum Gasteiger partial charge on any atom is 0.434 e. The minimum atomic E-state index is -4.57. The Morgan fingerprint density at radius 3 is 2.33 bits per heavy atom. The van der Waals surface area contributed by atoms with Crippen LogP contribution in [0.3, 0.4) is 0 Å². The molecule has 2 aromatic rings. The number of nitrogen functional groups attached to an aromatic ring is 1. The number of para-hydroxylation sites is 1. The summed E-state index contributed by atoms with van der Waals surface area (Å²) in [4.78, 5) is 3.75. The van der Waals surface area contributed by atoms with E-state index >= 15 is 0 Å². The van der Waals surface area contributed by atoms with Crippen LogP contribution in [0.25, 0.3) is 0 Å². The number of rotatable bonds is 3. The predicted molar refractivity (Wildman–Crippen MR) is 78.9 cm³/mol. The molecule has 0 aliphatic rings. The quantitative estimate of drug-likeness (QED) is 0.656. The van der Waals surface area contributed by atoms with Crippen molar-refractivity contribution in [1.82, 2.24) is 0 Å². The lowest BCUT2D eigenvalue weighted by Gasteiger charge is -2.14. The molecule has 0 heterocycles. The van der Waals surface area contributed by atoms with Gasteiger partial charge in [-0.25, -0.2) is 4.99 Å². The summed E-state index contributed by atoms with van der Waals surface area (Å²) in [5, 5.41) is 0. The Morgan fingerprint density at radius 2 is 1.76 bits per heavy atom. The van der Waals surface area contributed by atoms with E-state index in [-0.39, 0.29) is 16.9 Å². The second-order valence-electron chi connectivity index (χ2n) is 4.57. The zero-order valence-corrected chi connectivity index (χ0v) is 11.5. The standard InChI is InChI=1S/C16H15F3N2/c1-2-11-8-9-14(20)13(10-11)15(16(17,18)19)21-12-6-4-3-5-7-12/h3-10H,2,20H2,1H3. The zero-order valence-electron chi connectivity index (χ0n) is 11.5. The summed E-state index contributed by atoms with van der Waals surface area (Å²) in [5.41, 5.74) is 5.76. The van der Waals surface area contributed by atoms with Crippen LogP contribution in [-0.4, -0.2) is 11.9 Å². The fraction of sp³-hybridized carbons (Fsp3) is 0.188. The topological polar surface area (TPSA) is 38.4 Å². The largest absolute Gasteiger partial charge is 0.434 e. The number of benzene rings is 2. The third-order valence-electron chi connectivity index (χ3n) is 3.05. The number of nitrogens with two attached hydrogens (primary N) is 1. The van der Waals surface area contributed by atoms with Gasteiger partial charge in [0, 0.05) is 11.3 Å². The van der Waals surface area contributed by atoms with Crippen molar-refractivity contribution >= 4 is 17.1 Å². The molecule has 5 heteroatoms. The molecule has 0 aromatic heterocycles.